The zero-order chi connectivity index (χ0) is 16.2. The average Bonchev–Trinajstić information content (AvgIpc) is 3.07. The molecule has 0 saturated heterocycles. The molecule has 0 saturated carbocycles. The van der Waals surface area contributed by atoms with Crippen molar-refractivity contribution < 1.29 is 23.8 Å². The number of carbonyl (C=O) groups is 2. The predicted molar refractivity (Wildman–Crippen MR) is 78.4 cm³/mol. The number of aliphatic hydroxyl groups is 1. The molecule has 0 bridgehead atoms. The van der Waals surface area contributed by atoms with Gasteiger partial charge >= 0.3 is 5.97 Å². The van der Waals surface area contributed by atoms with E-state index in [0.717, 1.165) is 0 Å². The maximum atomic E-state index is 12.0. The fraction of sp³-hybridized carbons (Fsp3) is 0.250. The third-order valence-corrected chi connectivity index (χ3v) is 3.21. The zero-order valence-corrected chi connectivity index (χ0v) is 12.3. The number of carbonyl (C=O) groups excluding carboxylic acids is 2. The van der Waals surface area contributed by atoms with Crippen LogP contribution in [0.3, 0.4) is 0 Å². The van der Waals surface area contributed by atoms with E-state index >= 15 is 0 Å². The predicted octanol–water partition coefficient (Wildman–Crippen LogP) is 1.70. The number of hydrogen-bond acceptors (Lipinski definition) is 5. The Kier molecular flexibility index (Phi) is 4.62. The maximum absolute atomic E-state index is 12.0. The van der Waals surface area contributed by atoms with Crippen LogP contribution in [0, 0.1) is 0 Å². The molecule has 0 aliphatic heterocycles. The van der Waals surface area contributed by atoms with Crippen molar-refractivity contribution in [1.82, 2.24) is 5.32 Å². The van der Waals surface area contributed by atoms with E-state index in [0.29, 0.717) is 16.9 Å². The number of nitrogens with one attached hydrogen (secondary N) is 1. The monoisotopic (exact) mass is 303 g/mol. The lowest BCUT2D eigenvalue weighted by Gasteiger charge is -2.21. The van der Waals surface area contributed by atoms with Gasteiger partial charge in [-0.3, -0.25) is 4.79 Å². The van der Waals surface area contributed by atoms with Crippen molar-refractivity contribution >= 4 is 11.9 Å². The number of ether oxygens (including phenoxy) is 1. The van der Waals surface area contributed by atoms with Crippen LogP contribution in [-0.4, -0.2) is 30.6 Å². The van der Waals surface area contributed by atoms with Crippen LogP contribution in [0.2, 0.25) is 0 Å². The van der Waals surface area contributed by atoms with Crippen LogP contribution >= 0.6 is 0 Å². The van der Waals surface area contributed by atoms with Gasteiger partial charge in [-0.1, -0.05) is 0 Å². The number of methoxy groups -OCH3 is 1. The summed E-state index contributed by atoms with van der Waals surface area (Å²) in [5.41, 5.74) is -0.560. The molecule has 2 rings (SSSR count). The molecule has 2 N–H and O–H groups in total. The number of benzene rings is 1. The summed E-state index contributed by atoms with van der Waals surface area (Å²) in [4.78, 5) is 23.4. The third-order valence-electron chi connectivity index (χ3n) is 3.21. The normalized spacial score (nSPS) is 13.2. The van der Waals surface area contributed by atoms with Crippen LogP contribution in [0.15, 0.2) is 47.1 Å². The molecule has 2 aromatic rings. The Labute approximate surface area is 127 Å². The van der Waals surface area contributed by atoms with E-state index in [4.69, 9.17) is 4.42 Å². The van der Waals surface area contributed by atoms with Crippen LogP contribution in [0.5, 0.6) is 0 Å². The smallest absolute Gasteiger partial charge is 0.337 e. The van der Waals surface area contributed by atoms with E-state index in [1.807, 2.05) is 0 Å². The molecule has 116 valence electrons. The van der Waals surface area contributed by atoms with E-state index in [9.17, 15) is 14.7 Å². The molecule has 22 heavy (non-hydrogen) atoms. The first-order chi connectivity index (χ1) is 10.4. The molecule has 0 aliphatic carbocycles. The minimum Gasteiger partial charge on any atom is -0.466 e. The van der Waals surface area contributed by atoms with Crippen LogP contribution in [-0.2, 0) is 10.3 Å². The van der Waals surface area contributed by atoms with Gasteiger partial charge in [0.1, 0.15) is 11.4 Å². The molecule has 1 aromatic carbocycles. The highest BCUT2D eigenvalue weighted by Gasteiger charge is 2.26. The molecular formula is C16H17NO5. The van der Waals surface area contributed by atoms with Gasteiger partial charge in [-0.15, -0.1) is 0 Å². The van der Waals surface area contributed by atoms with Crippen LogP contribution in [0.4, 0.5) is 0 Å². The molecule has 1 heterocycles. The molecule has 0 radical (unpaired) electrons. The summed E-state index contributed by atoms with van der Waals surface area (Å²) >= 11 is 0. The highest BCUT2D eigenvalue weighted by atomic mass is 16.5. The average molecular weight is 303 g/mol. The second kappa shape index (κ2) is 6.44. The van der Waals surface area contributed by atoms with Gasteiger partial charge in [0, 0.05) is 5.56 Å². The minimum absolute atomic E-state index is 0.00189. The van der Waals surface area contributed by atoms with Gasteiger partial charge in [-0.2, -0.15) is 0 Å². The van der Waals surface area contributed by atoms with Gasteiger partial charge in [-0.05, 0) is 43.3 Å². The van der Waals surface area contributed by atoms with E-state index in [-0.39, 0.29) is 12.5 Å². The van der Waals surface area contributed by atoms with Crippen molar-refractivity contribution in [3.8, 4) is 0 Å². The maximum Gasteiger partial charge on any atom is 0.337 e. The summed E-state index contributed by atoms with van der Waals surface area (Å²) in [5.74, 6) is -0.454. The molecule has 0 aliphatic rings. The molecule has 0 unspecified atom stereocenters. The van der Waals surface area contributed by atoms with Crippen LogP contribution in [0.1, 0.15) is 33.4 Å². The van der Waals surface area contributed by atoms with Crippen molar-refractivity contribution in [1.29, 1.82) is 0 Å². The minimum atomic E-state index is -1.30. The summed E-state index contributed by atoms with van der Waals surface area (Å²) in [5, 5.41) is 12.9. The molecule has 1 aromatic heterocycles. The molecule has 1 atom stereocenters. The van der Waals surface area contributed by atoms with Crippen molar-refractivity contribution in [2.24, 2.45) is 0 Å². The molecule has 6 nitrogen and oxygen atoms in total. The van der Waals surface area contributed by atoms with E-state index in [2.05, 4.69) is 10.1 Å². The second-order valence-electron chi connectivity index (χ2n) is 5.00. The first-order valence-electron chi connectivity index (χ1n) is 6.67. The summed E-state index contributed by atoms with van der Waals surface area (Å²) < 4.78 is 9.73. The number of esters is 1. The Morgan fingerprint density at radius 2 is 1.86 bits per heavy atom. The van der Waals surface area contributed by atoms with Crippen molar-refractivity contribution in [2.75, 3.05) is 13.7 Å². The molecule has 6 heteroatoms. The topological polar surface area (TPSA) is 88.8 Å². The lowest BCUT2D eigenvalue weighted by molar-refractivity contribution is 0.0330. The fourth-order valence-corrected chi connectivity index (χ4v) is 1.90. The second-order valence-corrected chi connectivity index (χ2v) is 5.00. The lowest BCUT2D eigenvalue weighted by atomic mass is 10.0. The van der Waals surface area contributed by atoms with Crippen molar-refractivity contribution in [3.63, 3.8) is 0 Å². The number of hydrogen-bond donors (Lipinski definition) is 2. The number of furan rings is 1. The van der Waals surface area contributed by atoms with Crippen molar-refractivity contribution in [3.05, 3.63) is 59.5 Å². The van der Waals surface area contributed by atoms with E-state index < -0.39 is 11.6 Å². The van der Waals surface area contributed by atoms with Gasteiger partial charge < -0.3 is 19.6 Å². The first kappa shape index (κ1) is 15.8. The van der Waals surface area contributed by atoms with Gasteiger partial charge in [0.15, 0.2) is 0 Å². The standard InChI is InChI=1S/C16H17NO5/c1-16(20,13-4-3-9-22-13)10-17-14(18)11-5-7-12(8-6-11)15(19)21-2/h3-9,20H,10H2,1-2H3,(H,17,18)/t16-/m1/s1. The zero-order valence-electron chi connectivity index (χ0n) is 12.3. The summed E-state index contributed by atoms with van der Waals surface area (Å²) in [6.07, 6.45) is 1.46. The Hall–Kier alpha value is -2.60. The van der Waals surface area contributed by atoms with Gasteiger partial charge in [-0.25, -0.2) is 4.79 Å². The summed E-state index contributed by atoms with van der Waals surface area (Å²) in [6.45, 7) is 1.55. The fourth-order valence-electron chi connectivity index (χ4n) is 1.90. The highest BCUT2D eigenvalue weighted by Crippen LogP contribution is 2.19. The van der Waals surface area contributed by atoms with Gasteiger partial charge in [0.05, 0.1) is 25.5 Å². The van der Waals surface area contributed by atoms with Gasteiger partial charge in [0.25, 0.3) is 5.91 Å². The summed E-state index contributed by atoms with van der Waals surface area (Å²) in [6, 6.07) is 9.34. The van der Waals surface area contributed by atoms with Crippen molar-refractivity contribution in [2.45, 2.75) is 12.5 Å². The molecule has 0 fully saturated rings. The highest BCUT2D eigenvalue weighted by molar-refractivity contribution is 5.96. The van der Waals surface area contributed by atoms with Crippen LogP contribution < -0.4 is 5.32 Å². The Morgan fingerprint density at radius 3 is 2.41 bits per heavy atom. The third kappa shape index (κ3) is 3.53. The lowest BCUT2D eigenvalue weighted by Crippen LogP contribution is -2.38. The molecule has 0 spiro atoms. The molecular weight excluding hydrogens is 286 g/mol. The summed E-state index contributed by atoms with van der Waals surface area (Å²) in [7, 11) is 1.29. The number of rotatable bonds is 5. The molecule has 1 amide bonds. The largest absolute Gasteiger partial charge is 0.466 e. The Balaban J connectivity index is 1.99. The van der Waals surface area contributed by atoms with E-state index in [1.165, 1.54) is 37.6 Å². The Morgan fingerprint density at radius 1 is 1.23 bits per heavy atom. The van der Waals surface area contributed by atoms with E-state index in [1.54, 1.807) is 19.1 Å². The first-order valence-corrected chi connectivity index (χ1v) is 6.67. The van der Waals surface area contributed by atoms with Gasteiger partial charge in [0.2, 0.25) is 0 Å². The SMILES string of the molecule is COC(=O)c1ccc(C(=O)NC[C@@](C)(O)c2ccco2)cc1. The quantitative estimate of drug-likeness (QED) is 0.821. The number of amides is 1. The van der Waals surface area contributed by atoms with Crippen LogP contribution in [0.25, 0.3) is 0 Å². The Bertz CT molecular complexity index is 644.